The highest BCUT2D eigenvalue weighted by molar-refractivity contribution is 5.28. The average Bonchev–Trinajstić information content (AvgIpc) is 2.16. The monoisotopic (exact) mass is 193 g/mol. The average molecular weight is 193 g/mol. The predicted molar refractivity (Wildman–Crippen MR) is 52.7 cm³/mol. The van der Waals surface area contributed by atoms with Gasteiger partial charge < -0.3 is 10.5 Å². The van der Waals surface area contributed by atoms with Crippen LogP contribution in [-0.2, 0) is 17.8 Å². The van der Waals surface area contributed by atoms with Crippen molar-refractivity contribution in [1.29, 1.82) is 0 Å². The number of aromatic nitrogens is 2. The summed E-state index contributed by atoms with van der Waals surface area (Å²) in [5, 5.41) is 0. The van der Waals surface area contributed by atoms with Gasteiger partial charge in [-0.2, -0.15) is 0 Å². The quantitative estimate of drug-likeness (QED) is 0.719. The first-order valence-corrected chi connectivity index (χ1v) is 4.88. The van der Waals surface area contributed by atoms with E-state index in [0.29, 0.717) is 6.61 Å². The second-order valence-electron chi connectivity index (χ2n) is 3.67. The molecule has 0 aliphatic carbocycles. The van der Waals surface area contributed by atoms with Gasteiger partial charge in [-0.25, -0.2) is 9.97 Å². The van der Waals surface area contributed by atoms with Crippen LogP contribution in [0, 0.1) is 6.92 Å². The van der Waals surface area contributed by atoms with E-state index in [2.05, 4.69) is 9.97 Å². The fourth-order valence-electron chi connectivity index (χ4n) is 1.76. The first kappa shape index (κ1) is 9.55. The molecule has 1 aromatic heterocycles. The molecule has 14 heavy (non-hydrogen) atoms. The lowest BCUT2D eigenvalue weighted by Crippen LogP contribution is -2.20. The molecule has 0 amide bonds. The molecule has 4 heteroatoms. The van der Waals surface area contributed by atoms with Crippen molar-refractivity contribution < 1.29 is 4.74 Å². The molecule has 0 bridgehead atoms. The Morgan fingerprint density at radius 1 is 1.43 bits per heavy atom. The van der Waals surface area contributed by atoms with Crippen LogP contribution in [0.25, 0.3) is 0 Å². The van der Waals surface area contributed by atoms with E-state index in [1.165, 1.54) is 0 Å². The van der Waals surface area contributed by atoms with Gasteiger partial charge in [0.25, 0.3) is 0 Å². The highest BCUT2D eigenvalue weighted by Gasteiger charge is 2.18. The topological polar surface area (TPSA) is 61.0 Å². The van der Waals surface area contributed by atoms with Crippen molar-refractivity contribution in [1.82, 2.24) is 9.97 Å². The van der Waals surface area contributed by atoms with Crippen molar-refractivity contribution in [3.05, 3.63) is 22.8 Å². The molecule has 1 atom stereocenters. The fourth-order valence-corrected chi connectivity index (χ4v) is 1.76. The maximum atomic E-state index is 5.86. The summed E-state index contributed by atoms with van der Waals surface area (Å²) in [5.41, 5.74) is 9.00. The number of aryl methyl sites for hydroxylation is 1. The summed E-state index contributed by atoms with van der Waals surface area (Å²) in [7, 11) is 0. The third kappa shape index (κ3) is 1.63. The van der Waals surface area contributed by atoms with Crippen molar-refractivity contribution in [3.8, 4) is 0 Å². The fraction of sp³-hybridized carbons (Fsp3) is 0.600. The van der Waals surface area contributed by atoms with E-state index in [4.69, 9.17) is 10.5 Å². The lowest BCUT2D eigenvalue weighted by molar-refractivity contribution is 0.107. The Morgan fingerprint density at radius 3 is 2.93 bits per heavy atom. The molecule has 0 radical (unpaired) electrons. The predicted octanol–water partition coefficient (Wildman–Crippen LogP) is 0.877. The van der Waals surface area contributed by atoms with E-state index in [0.717, 1.165) is 35.8 Å². The van der Waals surface area contributed by atoms with Crippen molar-refractivity contribution in [2.75, 3.05) is 6.61 Å². The second kappa shape index (κ2) is 3.63. The molecular formula is C10H15N3O. The van der Waals surface area contributed by atoms with Gasteiger partial charge in [0, 0.05) is 18.0 Å². The van der Waals surface area contributed by atoms with Gasteiger partial charge in [-0.05, 0) is 13.8 Å². The highest BCUT2D eigenvalue weighted by atomic mass is 16.5. The van der Waals surface area contributed by atoms with Crippen LogP contribution in [0.3, 0.4) is 0 Å². The van der Waals surface area contributed by atoms with Crippen LogP contribution in [0.15, 0.2) is 0 Å². The number of nitrogens with two attached hydrogens (primary N) is 1. The van der Waals surface area contributed by atoms with Gasteiger partial charge in [0.15, 0.2) is 0 Å². The first-order chi connectivity index (χ1) is 6.68. The molecule has 1 unspecified atom stereocenters. The summed E-state index contributed by atoms with van der Waals surface area (Å²) in [5.74, 6) is 0.804. The number of hydrogen-bond acceptors (Lipinski definition) is 4. The van der Waals surface area contributed by atoms with Crippen molar-refractivity contribution in [2.24, 2.45) is 5.73 Å². The SMILES string of the molecule is Cc1nc2c(c(C(C)N)n1)COCC2. The number of fused-ring (bicyclic) bond motifs is 1. The Morgan fingerprint density at radius 2 is 2.21 bits per heavy atom. The van der Waals surface area contributed by atoms with Crippen LogP contribution >= 0.6 is 0 Å². The second-order valence-corrected chi connectivity index (χ2v) is 3.67. The Labute approximate surface area is 83.5 Å². The lowest BCUT2D eigenvalue weighted by Gasteiger charge is -2.20. The smallest absolute Gasteiger partial charge is 0.125 e. The minimum absolute atomic E-state index is 0.0489. The summed E-state index contributed by atoms with van der Waals surface area (Å²) in [6.45, 7) is 5.20. The van der Waals surface area contributed by atoms with E-state index in [-0.39, 0.29) is 6.04 Å². The molecule has 1 aliphatic heterocycles. The minimum atomic E-state index is -0.0489. The Kier molecular flexibility index (Phi) is 2.48. The van der Waals surface area contributed by atoms with Crippen LogP contribution < -0.4 is 5.73 Å². The zero-order valence-electron chi connectivity index (χ0n) is 8.58. The van der Waals surface area contributed by atoms with E-state index in [1.807, 2.05) is 13.8 Å². The minimum Gasteiger partial charge on any atom is -0.376 e. The van der Waals surface area contributed by atoms with Crippen LogP contribution in [0.4, 0.5) is 0 Å². The van der Waals surface area contributed by atoms with Crippen LogP contribution in [0.2, 0.25) is 0 Å². The number of rotatable bonds is 1. The van der Waals surface area contributed by atoms with Crippen LogP contribution in [0.5, 0.6) is 0 Å². The van der Waals surface area contributed by atoms with Gasteiger partial charge in [-0.15, -0.1) is 0 Å². The van der Waals surface area contributed by atoms with Crippen molar-refractivity contribution >= 4 is 0 Å². The molecule has 76 valence electrons. The van der Waals surface area contributed by atoms with E-state index < -0.39 is 0 Å². The van der Waals surface area contributed by atoms with E-state index in [9.17, 15) is 0 Å². The summed E-state index contributed by atoms with van der Waals surface area (Å²) < 4.78 is 5.39. The molecule has 2 rings (SSSR count). The Bertz CT molecular complexity index is 349. The molecule has 0 aromatic carbocycles. The normalized spacial score (nSPS) is 17.6. The summed E-state index contributed by atoms with van der Waals surface area (Å²) in [4.78, 5) is 8.78. The van der Waals surface area contributed by atoms with Gasteiger partial charge in [0.05, 0.1) is 24.6 Å². The third-order valence-electron chi connectivity index (χ3n) is 2.40. The number of hydrogen-bond donors (Lipinski definition) is 1. The first-order valence-electron chi connectivity index (χ1n) is 4.88. The largest absolute Gasteiger partial charge is 0.376 e. The molecule has 0 fully saturated rings. The molecule has 1 aromatic rings. The molecule has 4 nitrogen and oxygen atoms in total. The Hall–Kier alpha value is -1.00. The summed E-state index contributed by atoms with van der Waals surface area (Å²) >= 11 is 0. The van der Waals surface area contributed by atoms with E-state index in [1.54, 1.807) is 0 Å². The van der Waals surface area contributed by atoms with Crippen molar-refractivity contribution in [3.63, 3.8) is 0 Å². The zero-order chi connectivity index (χ0) is 10.1. The maximum Gasteiger partial charge on any atom is 0.125 e. The standard InChI is InChI=1S/C10H15N3O/c1-6(11)10-8-5-14-4-3-9(8)12-7(2)13-10/h6H,3-5,11H2,1-2H3. The molecule has 0 saturated carbocycles. The zero-order valence-corrected chi connectivity index (χ0v) is 8.58. The number of nitrogens with zero attached hydrogens (tertiary/aromatic N) is 2. The number of ether oxygens (including phenoxy) is 1. The Balaban J connectivity index is 2.52. The van der Waals surface area contributed by atoms with Crippen molar-refractivity contribution in [2.45, 2.75) is 32.9 Å². The molecule has 2 N–H and O–H groups in total. The summed E-state index contributed by atoms with van der Waals surface area (Å²) in [6, 6.07) is -0.0489. The molecule has 0 spiro atoms. The van der Waals surface area contributed by atoms with Gasteiger partial charge in [0.2, 0.25) is 0 Å². The molecule has 0 saturated heterocycles. The van der Waals surface area contributed by atoms with Gasteiger partial charge >= 0.3 is 0 Å². The molecule has 1 aliphatic rings. The third-order valence-corrected chi connectivity index (χ3v) is 2.40. The van der Waals surface area contributed by atoms with E-state index >= 15 is 0 Å². The highest BCUT2D eigenvalue weighted by Crippen LogP contribution is 2.21. The lowest BCUT2D eigenvalue weighted by atomic mass is 10.0. The van der Waals surface area contributed by atoms with Crippen LogP contribution in [0.1, 0.15) is 35.7 Å². The van der Waals surface area contributed by atoms with Gasteiger partial charge in [-0.1, -0.05) is 0 Å². The van der Waals surface area contributed by atoms with Crippen LogP contribution in [-0.4, -0.2) is 16.6 Å². The molecule has 2 heterocycles. The van der Waals surface area contributed by atoms with Gasteiger partial charge in [-0.3, -0.25) is 0 Å². The van der Waals surface area contributed by atoms with Gasteiger partial charge in [0.1, 0.15) is 5.82 Å². The maximum absolute atomic E-state index is 5.86. The summed E-state index contributed by atoms with van der Waals surface area (Å²) in [6.07, 6.45) is 0.873. The molecular weight excluding hydrogens is 178 g/mol.